The molecule has 0 unspecified atom stereocenters. The number of esters is 1. The van der Waals surface area contributed by atoms with Gasteiger partial charge in [0.1, 0.15) is 11.6 Å². The summed E-state index contributed by atoms with van der Waals surface area (Å²) in [5.74, 6) is 0.629. The Balaban J connectivity index is 1.84. The van der Waals surface area contributed by atoms with Crippen molar-refractivity contribution in [1.29, 1.82) is 0 Å². The number of hydrogen-bond donors (Lipinski definition) is 0. The summed E-state index contributed by atoms with van der Waals surface area (Å²) >= 11 is 13.2. The lowest BCUT2D eigenvalue weighted by molar-refractivity contribution is -0.147. The number of benzene rings is 2. The van der Waals surface area contributed by atoms with Gasteiger partial charge in [-0.05, 0) is 66.0 Å². The summed E-state index contributed by atoms with van der Waals surface area (Å²) in [7, 11) is 1.30. The lowest BCUT2D eigenvalue weighted by Crippen LogP contribution is -2.26. The molecule has 1 aliphatic rings. The highest BCUT2D eigenvalue weighted by Crippen LogP contribution is 2.34. The minimum atomic E-state index is -0.857. The molecule has 1 heterocycles. The van der Waals surface area contributed by atoms with Crippen LogP contribution in [-0.4, -0.2) is 35.1 Å². The smallest absolute Gasteiger partial charge is 0.346 e. The Labute approximate surface area is 224 Å². The Morgan fingerprint density at radius 3 is 2.69 bits per heavy atom. The van der Waals surface area contributed by atoms with Gasteiger partial charge >= 0.3 is 5.97 Å². The number of hydrogen-bond acceptors (Lipinski definition) is 6. The Hall–Kier alpha value is -2.23. The number of aromatic nitrogens is 2. The van der Waals surface area contributed by atoms with E-state index in [0.717, 1.165) is 30.2 Å². The molecule has 4 rings (SSSR count). The van der Waals surface area contributed by atoms with Crippen LogP contribution in [0.25, 0.3) is 10.9 Å². The zero-order valence-electron chi connectivity index (χ0n) is 19.3. The average Bonchev–Trinajstić information content (AvgIpc) is 2.85. The van der Waals surface area contributed by atoms with E-state index in [9.17, 15) is 9.59 Å². The highest BCUT2D eigenvalue weighted by Gasteiger charge is 2.23. The van der Waals surface area contributed by atoms with E-state index in [1.54, 1.807) is 25.1 Å². The first-order valence-corrected chi connectivity index (χ1v) is 13.2. The minimum absolute atomic E-state index is 0.141. The molecular formula is C25H24Br2ClN3O4. The van der Waals surface area contributed by atoms with Crippen LogP contribution in [0.3, 0.4) is 0 Å². The number of ether oxygens (including phenoxy) is 2. The van der Waals surface area contributed by atoms with Gasteiger partial charge in [0.2, 0.25) is 0 Å². The molecule has 1 aliphatic carbocycles. The quantitative estimate of drug-likeness (QED) is 0.233. The van der Waals surface area contributed by atoms with Gasteiger partial charge in [-0.2, -0.15) is 9.78 Å². The van der Waals surface area contributed by atoms with Crippen LogP contribution < -0.4 is 10.3 Å². The topological polar surface area (TPSA) is 82.8 Å². The number of carbonyl (C=O) groups excluding carboxylic acids is 1. The fourth-order valence-corrected chi connectivity index (χ4v) is 5.50. The normalized spacial score (nSPS) is 15.5. The summed E-state index contributed by atoms with van der Waals surface area (Å²) in [5, 5.41) is 5.48. The van der Waals surface area contributed by atoms with E-state index in [4.69, 9.17) is 26.1 Å². The SMILES string of the molecule is COC(=O)[C@H](C)Oc1c(Br)cc(Cl)cc1C=Nn1c(C2CCCCC2)nc2ccc(Br)cc2c1=O. The monoisotopic (exact) mass is 623 g/mol. The lowest BCUT2D eigenvalue weighted by atomic mass is 9.88. The number of carbonyl (C=O) groups is 1. The van der Waals surface area contributed by atoms with Crippen LogP contribution in [0.5, 0.6) is 5.75 Å². The molecule has 1 saturated carbocycles. The van der Waals surface area contributed by atoms with Crippen LogP contribution in [0.15, 0.2) is 49.2 Å². The molecule has 1 atom stereocenters. The van der Waals surface area contributed by atoms with Crippen molar-refractivity contribution in [2.24, 2.45) is 5.10 Å². The van der Waals surface area contributed by atoms with Crippen LogP contribution in [0.4, 0.5) is 0 Å². The van der Waals surface area contributed by atoms with Crippen molar-refractivity contribution in [3.8, 4) is 5.75 Å². The van der Waals surface area contributed by atoms with Crippen molar-refractivity contribution in [1.82, 2.24) is 9.66 Å². The average molecular weight is 626 g/mol. The maximum atomic E-state index is 13.6. The Kier molecular flexibility index (Phi) is 8.29. The second-order valence-corrected chi connectivity index (χ2v) is 10.6. The molecule has 1 fully saturated rings. The Morgan fingerprint density at radius 2 is 1.97 bits per heavy atom. The van der Waals surface area contributed by atoms with E-state index in [1.165, 1.54) is 24.4 Å². The summed E-state index contributed by atoms with van der Waals surface area (Å²) in [4.78, 5) is 30.3. The zero-order chi connectivity index (χ0) is 25.1. The van der Waals surface area contributed by atoms with E-state index in [-0.39, 0.29) is 11.5 Å². The van der Waals surface area contributed by atoms with Gasteiger partial charge in [-0.3, -0.25) is 4.79 Å². The second kappa shape index (κ2) is 11.2. The molecule has 0 aliphatic heterocycles. The van der Waals surface area contributed by atoms with Crippen molar-refractivity contribution < 1.29 is 14.3 Å². The van der Waals surface area contributed by atoms with Crippen LogP contribution in [0.1, 0.15) is 56.3 Å². The predicted molar refractivity (Wildman–Crippen MR) is 144 cm³/mol. The number of halogens is 3. The van der Waals surface area contributed by atoms with Gasteiger partial charge in [-0.1, -0.05) is 46.8 Å². The third-order valence-electron chi connectivity index (χ3n) is 5.98. The summed E-state index contributed by atoms with van der Waals surface area (Å²) in [6, 6.07) is 8.79. The lowest BCUT2D eigenvalue weighted by Gasteiger charge is -2.23. The van der Waals surface area contributed by atoms with E-state index in [2.05, 4.69) is 37.0 Å². The van der Waals surface area contributed by atoms with Crippen LogP contribution in [-0.2, 0) is 9.53 Å². The maximum absolute atomic E-state index is 13.6. The Morgan fingerprint density at radius 1 is 1.23 bits per heavy atom. The van der Waals surface area contributed by atoms with E-state index in [0.29, 0.717) is 37.5 Å². The molecule has 184 valence electrons. The van der Waals surface area contributed by atoms with Crippen LogP contribution >= 0.6 is 43.5 Å². The number of fused-ring (bicyclic) bond motifs is 1. The highest BCUT2D eigenvalue weighted by molar-refractivity contribution is 9.10. The first-order valence-electron chi connectivity index (χ1n) is 11.3. The molecule has 0 spiro atoms. The highest BCUT2D eigenvalue weighted by atomic mass is 79.9. The van der Waals surface area contributed by atoms with Gasteiger partial charge in [0, 0.05) is 21.0 Å². The molecule has 2 aromatic carbocycles. The second-order valence-electron chi connectivity index (χ2n) is 8.42. The van der Waals surface area contributed by atoms with Crippen molar-refractivity contribution >= 4 is 66.5 Å². The van der Waals surface area contributed by atoms with Crippen molar-refractivity contribution in [2.75, 3.05) is 7.11 Å². The summed E-state index contributed by atoms with van der Waals surface area (Å²) in [6.07, 6.45) is 5.93. The molecule has 1 aromatic heterocycles. The molecule has 0 bridgehead atoms. The minimum Gasteiger partial charge on any atom is -0.477 e. The maximum Gasteiger partial charge on any atom is 0.346 e. The van der Waals surface area contributed by atoms with E-state index in [1.807, 2.05) is 12.1 Å². The fraction of sp³-hybridized carbons (Fsp3) is 0.360. The van der Waals surface area contributed by atoms with Gasteiger partial charge in [0.25, 0.3) is 5.56 Å². The van der Waals surface area contributed by atoms with Crippen LogP contribution in [0.2, 0.25) is 5.02 Å². The van der Waals surface area contributed by atoms with Gasteiger partial charge in [0.15, 0.2) is 6.10 Å². The Bertz CT molecular complexity index is 1350. The summed E-state index contributed by atoms with van der Waals surface area (Å²) in [5.41, 5.74) is 0.891. The molecule has 3 aromatic rings. The molecular weight excluding hydrogens is 602 g/mol. The van der Waals surface area contributed by atoms with Crippen molar-refractivity contribution in [3.05, 3.63) is 66.0 Å². The molecule has 35 heavy (non-hydrogen) atoms. The van der Waals surface area contributed by atoms with Crippen LogP contribution in [0, 0.1) is 0 Å². The van der Waals surface area contributed by atoms with Gasteiger partial charge in [0.05, 0.1) is 28.7 Å². The zero-order valence-corrected chi connectivity index (χ0v) is 23.2. The number of rotatable bonds is 6. The van der Waals surface area contributed by atoms with E-state index < -0.39 is 12.1 Å². The van der Waals surface area contributed by atoms with Crippen molar-refractivity contribution in [2.45, 2.75) is 51.0 Å². The molecule has 0 N–H and O–H groups in total. The summed E-state index contributed by atoms with van der Waals surface area (Å²) in [6.45, 7) is 1.59. The third kappa shape index (κ3) is 5.78. The first kappa shape index (κ1) is 25.9. The number of methoxy groups -OCH3 is 1. The third-order valence-corrected chi connectivity index (χ3v) is 7.28. The van der Waals surface area contributed by atoms with Gasteiger partial charge < -0.3 is 9.47 Å². The molecule has 7 nitrogen and oxygen atoms in total. The first-order chi connectivity index (χ1) is 16.8. The molecule has 0 radical (unpaired) electrons. The fourth-order valence-electron chi connectivity index (χ4n) is 4.21. The predicted octanol–water partition coefficient (Wildman–Crippen LogP) is 6.45. The molecule has 10 heteroatoms. The standard InChI is InChI=1S/C25H24Br2ClN3O4/c1-14(25(33)34-2)35-22-16(10-18(28)12-20(22)27)13-29-31-23(15-6-4-3-5-7-15)30-21-9-8-17(26)11-19(21)24(31)32/h8-15H,3-7H2,1-2H3/t14-/m0/s1. The van der Waals surface area contributed by atoms with Crippen molar-refractivity contribution in [3.63, 3.8) is 0 Å². The van der Waals surface area contributed by atoms with Gasteiger partial charge in [-0.15, -0.1) is 0 Å². The summed E-state index contributed by atoms with van der Waals surface area (Å²) < 4.78 is 13.3. The molecule has 0 amide bonds. The van der Waals surface area contributed by atoms with Gasteiger partial charge in [-0.25, -0.2) is 9.78 Å². The molecule has 0 saturated heterocycles. The van der Waals surface area contributed by atoms with E-state index >= 15 is 0 Å². The number of nitrogens with zero attached hydrogens (tertiary/aromatic N) is 3. The largest absolute Gasteiger partial charge is 0.477 e.